The molecule has 1 atom stereocenters. The first kappa shape index (κ1) is 33.1. The molecule has 0 saturated heterocycles. The Morgan fingerprint density at radius 1 is 1.00 bits per heavy atom. The fourth-order valence-corrected chi connectivity index (χ4v) is 4.26. The Morgan fingerprint density at radius 2 is 1.73 bits per heavy atom. The largest absolute Gasteiger partial charge is 0.493 e. The van der Waals surface area contributed by atoms with Crippen molar-refractivity contribution in [1.29, 1.82) is 0 Å². The number of methoxy groups -OCH3 is 1. The lowest BCUT2D eigenvalue weighted by Crippen LogP contribution is -2.29. The summed E-state index contributed by atoms with van der Waals surface area (Å²) in [6.45, 7) is 12.2. The summed E-state index contributed by atoms with van der Waals surface area (Å²) in [6, 6.07) is 20.7. The van der Waals surface area contributed by atoms with Crippen LogP contribution in [0.15, 0.2) is 116 Å². The summed E-state index contributed by atoms with van der Waals surface area (Å²) in [5.74, 6) is 1.02. The first-order valence-electron chi connectivity index (χ1n) is 13.9. The number of nitrogens with zero attached hydrogens (tertiary/aromatic N) is 1. The molecule has 1 amide bonds. The standard InChI is InChI=1S/C33H33N3O6.C2H4/c1-4-22(5-2)32(37)36-24-12-14-25(15-13-24)42-28-16-18-34-27-21-30(29(40-3)20-26(27)28)41-19-9-17-35-31(33(38)39)23-10-7-6-8-11-23;1-2/h4-8,10-16,18,20-21,31,35H,1,9,17,19H2,2-3H3,(H,36,37)(H,38,39);1-2H2/b22-5+;/t31-;/m0./s1. The van der Waals surface area contributed by atoms with Crippen LogP contribution < -0.4 is 24.8 Å². The Bertz CT molecular complexity index is 1590. The minimum atomic E-state index is -0.934. The van der Waals surface area contributed by atoms with Crippen LogP contribution >= 0.6 is 0 Å². The van der Waals surface area contributed by atoms with Gasteiger partial charge >= 0.3 is 5.97 Å². The number of aliphatic carboxylic acids is 1. The number of carboxylic acids is 1. The Hall–Kier alpha value is -5.41. The van der Waals surface area contributed by atoms with Crippen molar-refractivity contribution in [1.82, 2.24) is 10.3 Å². The van der Waals surface area contributed by atoms with Gasteiger partial charge in [0.2, 0.25) is 0 Å². The second-order valence-corrected chi connectivity index (χ2v) is 9.20. The van der Waals surface area contributed by atoms with Gasteiger partial charge in [-0.05, 0) is 61.9 Å². The molecule has 4 aromatic rings. The van der Waals surface area contributed by atoms with E-state index in [1.54, 1.807) is 74.8 Å². The molecule has 0 aliphatic rings. The molecule has 9 heteroatoms. The van der Waals surface area contributed by atoms with Crippen molar-refractivity contribution in [2.75, 3.05) is 25.6 Å². The van der Waals surface area contributed by atoms with Gasteiger partial charge in [-0.3, -0.25) is 14.6 Å². The molecule has 1 aromatic heterocycles. The zero-order chi connectivity index (χ0) is 31.9. The number of allylic oxidation sites excluding steroid dienone is 1. The minimum Gasteiger partial charge on any atom is -0.493 e. The van der Waals surface area contributed by atoms with Gasteiger partial charge in [0.05, 0.1) is 19.2 Å². The highest BCUT2D eigenvalue weighted by molar-refractivity contribution is 6.05. The van der Waals surface area contributed by atoms with E-state index in [1.165, 1.54) is 6.08 Å². The normalized spacial score (nSPS) is 11.5. The van der Waals surface area contributed by atoms with Crippen LogP contribution in [0, 0.1) is 0 Å². The number of fused-ring (bicyclic) bond motifs is 1. The maximum Gasteiger partial charge on any atom is 0.325 e. The van der Waals surface area contributed by atoms with Gasteiger partial charge in [-0.15, -0.1) is 13.2 Å². The van der Waals surface area contributed by atoms with Crippen molar-refractivity contribution in [3.05, 3.63) is 122 Å². The third-order valence-electron chi connectivity index (χ3n) is 6.43. The van der Waals surface area contributed by atoms with Crippen molar-refractivity contribution in [3.63, 3.8) is 0 Å². The number of carboxylic acid groups (broad SMARTS) is 1. The van der Waals surface area contributed by atoms with Gasteiger partial charge in [0.25, 0.3) is 5.91 Å². The van der Waals surface area contributed by atoms with Crippen LogP contribution in [0.5, 0.6) is 23.0 Å². The first-order chi connectivity index (χ1) is 21.4. The number of carbonyl (C=O) groups excluding carboxylic acids is 1. The van der Waals surface area contributed by atoms with Crippen LogP contribution in [0.3, 0.4) is 0 Å². The summed E-state index contributed by atoms with van der Waals surface area (Å²) in [6.07, 6.45) is 5.43. The number of pyridine rings is 1. The van der Waals surface area contributed by atoms with Gasteiger partial charge in [0, 0.05) is 28.9 Å². The molecule has 0 saturated carbocycles. The fraction of sp³-hybridized carbons (Fsp3) is 0.171. The lowest BCUT2D eigenvalue weighted by atomic mass is 10.1. The lowest BCUT2D eigenvalue weighted by Gasteiger charge is -2.16. The molecule has 0 bridgehead atoms. The molecule has 0 aliphatic carbocycles. The van der Waals surface area contributed by atoms with Gasteiger partial charge in [-0.1, -0.05) is 49.1 Å². The number of anilines is 1. The number of hydrogen-bond acceptors (Lipinski definition) is 7. The third-order valence-corrected chi connectivity index (χ3v) is 6.43. The Labute approximate surface area is 257 Å². The number of aromatic nitrogens is 1. The van der Waals surface area contributed by atoms with Gasteiger partial charge < -0.3 is 30.0 Å². The SMILES string of the molecule is C=C.C=C/C(=C\C)C(=O)Nc1ccc(Oc2ccnc3cc(OCCCN[C@H](C(=O)O)c4ccccc4)c(OC)cc23)cc1. The summed E-state index contributed by atoms with van der Waals surface area (Å²) in [4.78, 5) is 28.4. The Balaban J connectivity index is 0.00000259. The molecule has 44 heavy (non-hydrogen) atoms. The zero-order valence-corrected chi connectivity index (χ0v) is 24.9. The van der Waals surface area contributed by atoms with Gasteiger partial charge in [-0.25, -0.2) is 0 Å². The highest BCUT2D eigenvalue weighted by atomic mass is 16.5. The van der Waals surface area contributed by atoms with E-state index in [-0.39, 0.29) is 5.91 Å². The van der Waals surface area contributed by atoms with Crippen molar-refractivity contribution in [2.45, 2.75) is 19.4 Å². The molecular weight excluding hydrogens is 558 g/mol. The van der Waals surface area contributed by atoms with Crippen LogP contribution in [0.1, 0.15) is 24.9 Å². The van der Waals surface area contributed by atoms with Crippen molar-refractivity contribution >= 4 is 28.5 Å². The van der Waals surface area contributed by atoms with E-state index < -0.39 is 12.0 Å². The smallest absolute Gasteiger partial charge is 0.325 e. The molecule has 3 aromatic carbocycles. The number of hydrogen-bond donors (Lipinski definition) is 3. The van der Waals surface area contributed by atoms with E-state index in [4.69, 9.17) is 14.2 Å². The van der Waals surface area contributed by atoms with Gasteiger partial charge in [-0.2, -0.15) is 0 Å². The predicted octanol–water partition coefficient (Wildman–Crippen LogP) is 7.09. The maximum atomic E-state index is 12.3. The summed E-state index contributed by atoms with van der Waals surface area (Å²) < 4.78 is 17.7. The van der Waals surface area contributed by atoms with Gasteiger partial charge in [0.15, 0.2) is 11.5 Å². The summed E-state index contributed by atoms with van der Waals surface area (Å²) in [7, 11) is 1.56. The maximum absolute atomic E-state index is 12.3. The average Bonchev–Trinajstić information content (AvgIpc) is 3.05. The van der Waals surface area contributed by atoms with Crippen LogP contribution in [-0.2, 0) is 9.59 Å². The fourth-order valence-electron chi connectivity index (χ4n) is 4.26. The summed E-state index contributed by atoms with van der Waals surface area (Å²) in [5.41, 5.74) is 2.47. The van der Waals surface area contributed by atoms with Crippen molar-refractivity contribution in [3.8, 4) is 23.0 Å². The Kier molecular flexibility index (Phi) is 12.7. The number of nitrogens with one attached hydrogen (secondary N) is 2. The van der Waals surface area contributed by atoms with E-state index in [9.17, 15) is 14.7 Å². The number of amides is 1. The molecule has 0 spiro atoms. The van der Waals surface area contributed by atoms with Gasteiger partial charge in [0.1, 0.15) is 17.5 Å². The Morgan fingerprint density at radius 3 is 2.36 bits per heavy atom. The van der Waals surface area contributed by atoms with E-state index in [2.05, 4.69) is 35.4 Å². The molecule has 4 rings (SSSR count). The number of benzene rings is 3. The summed E-state index contributed by atoms with van der Waals surface area (Å²) in [5, 5.41) is 16.2. The van der Waals surface area contributed by atoms with E-state index in [0.29, 0.717) is 64.9 Å². The molecule has 0 radical (unpaired) electrons. The first-order valence-corrected chi connectivity index (χ1v) is 13.9. The highest BCUT2D eigenvalue weighted by Crippen LogP contribution is 2.37. The molecular formula is C35H37N3O6. The van der Waals surface area contributed by atoms with E-state index in [1.807, 2.05) is 24.3 Å². The number of ether oxygens (including phenoxy) is 3. The zero-order valence-electron chi connectivity index (χ0n) is 24.9. The van der Waals surface area contributed by atoms with Crippen LogP contribution in [-0.4, -0.2) is 42.2 Å². The predicted molar refractivity (Wildman–Crippen MR) is 174 cm³/mol. The minimum absolute atomic E-state index is 0.237. The van der Waals surface area contributed by atoms with Crippen LogP contribution in [0.25, 0.3) is 10.9 Å². The lowest BCUT2D eigenvalue weighted by molar-refractivity contribution is -0.139. The second kappa shape index (κ2) is 16.9. The molecule has 9 nitrogen and oxygen atoms in total. The highest BCUT2D eigenvalue weighted by Gasteiger charge is 2.18. The molecule has 228 valence electrons. The number of carbonyl (C=O) groups is 2. The van der Waals surface area contributed by atoms with E-state index >= 15 is 0 Å². The quantitative estimate of drug-likeness (QED) is 0.0612. The van der Waals surface area contributed by atoms with E-state index in [0.717, 1.165) is 5.39 Å². The molecule has 1 heterocycles. The van der Waals surface area contributed by atoms with Crippen LogP contribution in [0.2, 0.25) is 0 Å². The molecule has 0 unspecified atom stereocenters. The second-order valence-electron chi connectivity index (χ2n) is 9.20. The van der Waals surface area contributed by atoms with Crippen molar-refractivity contribution < 1.29 is 28.9 Å². The third kappa shape index (κ3) is 8.80. The van der Waals surface area contributed by atoms with Crippen LogP contribution in [0.4, 0.5) is 5.69 Å². The average molecular weight is 596 g/mol. The molecule has 0 fully saturated rings. The summed E-state index contributed by atoms with van der Waals surface area (Å²) >= 11 is 0. The van der Waals surface area contributed by atoms with Crippen molar-refractivity contribution in [2.24, 2.45) is 0 Å². The monoisotopic (exact) mass is 595 g/mol. The topological polar surface area (TPSA) is 119 Å². The number of rotatable bonds is 14. The molecule has 3 N–H and O–H groups in total. The molecule has 0 aliphatic heterocycles.